The van der Waals surface area contributed by atoms with Crippen molar-refractivity contribution in [3.63, 3.8) is 0 Å². The minimum absolute atomic E-state index is 0.00919. The second kappa shape index (κ2) is 9.96. The zero-order valence-electron chi connectivity index (χ0n) is 19.9. The average Bonchev–Trinajstić information content (AvgIpc) is 3.20. The molecule has 11 heteroatoms. The summed E-state index contributed by atoms with van der Waals surface area (Å²) in [5.74, 6) is -1.29. The van der Waals surface area contributed by atoms with Crippen LogP contribution in [0.2, 0.25) is 5.15 Å². The molecule has 0 aliphatic carbocycles. The Morgan fingerprint density at radius 3 is 2.21 bits per heavy atom. The van der Waals surface area contributed by atoms with Gasteiger partial charge in [-0.3, -0.25) is 4.79 Å². The van der Waals surface area contributed by atoms with Crippen molar-refractivity contribution in [2.45, 2.75) is 22.8 Å². The van der Waals surface area contributed by atoms with Gasteiger partial charge in [-0.1, -0.05) is 41.9 Å². The number of fused-ring (bicyclic) bond motifs is 1. The number of para-hydroxylation sites is 1. The number of anilines is 1. The number of carbonyl (C=O) groups is 2. The summed E-state index contributed by atoms with van der Waals surface area (Å²) in [6, 6.07) is 19.5. The first-order chi connectivity index (χ1) is 18.2. The molecule has 38 heavy (non-hydrogen) atoms. The summed E-state index contributed by atoms with van der Waals surface area (Å²) in [6.45, 7) is 0.299. The van der Waals surface area contributed by atoms with E-state index in [-0.39, 0.29) is 39.3 Å². The summed E-state index contributed by atoms with van der Waals surface area (Å²) in [7, 11) is -3.69. The van der Waals surface area contributed by atoms with Crippen molar-refractivity contribution in [1.29, 1.82) is 0 Å². The molecule has 0 spiro atoms. The van der Waals surface area contributed by atoms with E-state index in [1.54, 1.807) is 36.4 Å². The number of nitrogens with two attached hydrogens (primary N) is 1. The monoisotopic (exact) mass is 552 g/mol. The molecule has 3 aromatic carbocycles. The Kier molecular flexibility index (Phi) is 6.68. The third-order valence-corrected chi connectivity index (χ3v) is 8.53. The van der Waals surface area contributed by atoms with E-state index in [0.29, 0.717) is 23.4 Å². The number of urea groups is 1. The molecule has 4 aromatic rings. The van der Waals surface area contributed by atoms with Crippen LogP contribution in [-0.4, -0.2) is 36.4 Å². The van der Waals surface area contributed by atoms with Crippen molar-refractivity contribution in [1.82, 2.24) is 9.47 Å². The Hall–Kier alpha value is -4.15. The van der Waals surface area contributed by atoms with Crippen molar-refractivity contribution < 1.29 is 22.4 Å². The fourth-order valence-corrected chi connectivity index (χ4v) is 6.22. The van der Waals surface area contributed by atoms with Crippen LogP contribution < -0.4 is 11.1 Å². The van der Waals surface area contributed by atoms with Gasteiger partial charge < -0.3 is 20.5 Å². The smallest absolute Gasteiger partial charge is 0.322 e. The van der Waals surface area contributed by atoms with Gasteiger partial charge in [0.25, 0.3) is 5.91 Å². The van der Waals surface area contributed by atoms with Crippen LogP contribution in [0.1, 0.15) is 21.6 Å². The van der Waals surface area contributed by atoms with Gasteiger partial charge in [0.05, 0.1) is 27.6 Å². The number of benzene rings is 3. The van der Waals surface area contributed by atoms with Crippen molar-refractivity contribution in [3.8, 4) is 5.69 Å². The van der Waals surface area contributed by atoms with Crippen LogP contribution in [0, 0.1) is 5.82 Å². The lowest BCUT2D eigenvalue weighted by molar-refractivity contribution is 0.0998. The highest BCUT2D eigenvalue weighted by Gasteiger charge is 2.32. The molecule has 0 saturated heterocycles. The highest BCUT2D eigenvalue weighted by Crippen LogP contribution is 2.35. The van der Waals surface area contributed by atoms with Crippen molar-refractivity contribution in [2.24, 2.45) is 5.73 Å². The van der Waals surface area contributed by atoms with Gasteiger partial charge >= 0.3 is 6.03 Å². The van der Waals surface area contributed by atoms with Crippen LogP contribution >= 0.6 is 11.6 Å². The zero-order chi connectivity index (χ0) is 27.0. The number of aromatic nitrogens is 1. The van der Waals surface area contributed by atoms with Gasteiger partial charge in [-0.05, 0) is 48.5 Å². The van der Waals surface area contributed by atoms with Crippen LogP contribution in [0.4, 0.5) is 14.9 Å². The summed E-state index contributed by atoms with van der Waals surface area (Å²) in [4.78, 5) is 27.1. The number of amides is 3. The van der Waals surface area contributed by atoms with Crippen LogP contribution in [0.25, 0.3) is 5.69 Å². The van der Waals surface area contributed by atoms with Crippen LogP contribution in [0.5, 0.6) is 0 Å². The molecule has 0 atom stereocenters. The summed E-state index contributed by atoms with van der Waals surface area (Å²) in [6.07, 6.45) is 0.304. The van der Waals surface area contributed by atoms with E-state index >= 15 is 0 Å². The average molecular weight is 553 g/mol. The molecular weight excluding hydrogens is 531 g/mol. The van der Waals surface area contributed by atoms with Crippen LogP contribution in [0.3, 0.4) is 0 Å². The molecule has 0 radical (unpaired) electrons. The molecule has 0 unspecified atom stereocenters. The van der Waals surface area contributed by atoms with Crippen molar-refractivity contribution >= 4 is 39.1 Å². The lowest BCUT2D eigenvalue weighted by Gasteiger charge is -2.28. The number of halogens is 2. The van der Waals surface area contributed by atoms with Gasteiger partial charge in [0.1, 0.15) is 11.0 Å². The quantitative estimate of drug-likeness (QED) is 0.370. The predicted molar refractivity (Wildman–Crippen MR) is 141 cm³/mol. The summed E-state index contributed by atoms with van der Waals surface area (Å²) in [5, 5.41) is 2.74. The standard InChI is InChI=1S/C27H22ClFN4O4S/c28-25-24(26(30)34)20-16-32(15-14-22(20)33(25)23-9-5-4-8-21(23)29)27(35)31-17-10-12-19(13-11-17)38(36,37)18-6-2-1-3-7-18/h1-13H,14-16H2,(H2,30,34)(H,31,35). The number of hydrogen-bond donors (Lipinski definition) is 2. The Morgan fingerprint density at radius 2 is 1.55 bits per heavy atom. The summed E-state index contributed by atoms with van der Waals surface area (Å²) in [5.41, 5.74) is 7.28. The maximum atomic E-state index is 14.6. The Morgan fingerprint density at radius 1 is 0.921 bits per heavy atom. The fourth-order valence-electron chi connectivity index (χ4n) is 4.54. The van der Waals surface area contributed by atoms with E-state index in [4.69, 9.17) is 17.3 Å². The number of nitrogens with zero attached hydrogens (tertiary/aromatic N) is 2. The lowest BCUT2D eigenvalue weighted by Crippen LogP contribution is -2.39. The highest BCUT2D eigenvalue weighted by atomic mass is 35.5. The molecule has 0 saturated carbocycles. The van der Waals surface area contributed by atoms with Gasteiger partial charge in [-0.2, -0.15) is 0 Å². The largest absolute Gasteiger partial charge is 0.365 e. The molecular formula is C27H22ClFN4O4S. The summed E-state index contributed by atoms with van der Waals surface area (Å²) < 4.78 is 41.6. The van der Waals surface area contributed by atoms with Gasteiger partial charge in [0, 0.05) is 29.9 Å². The second-order valence-electron chi connectivity index (χ2n) is 8.68. The molecule has 2 heterocycles. The minimum atomic E-state index is -3.69. The molecule has 194 valence electrons. The van der Waals surface area contributed by atoms with Crippen LogP contribution in [-0.2, 0) is 22.8 Å². The van der Waals surface area contributed by atoms with Gasteiger partial charge in [-0.25, -0.2) is 17.6 Å². The van der Waals surface area contributed by atoms with E-state index in [9.17, 15) is 22.4 Å². The number of carbonyl (C=O) groups excluding carboxylic acids is 2. The second-order valence-corrected chi connectivity index (χ2v) is 11.0. The maximum absolute atomic E-state index is 14.6. The molecule has 3 amide bonds. The van der Waals surface area contributed by atoms with Crippen LogP contribution in [0.15, 0.2) is 88.7 Å². The third-order valence-electron chi connectivity index (χ3n) is 6.39. The van der Waals surface area contributed by atoms with Gasteiger partial charge in [0.15, 0.2) is 0 Å². The molecule has 0 bridgehead atoms. The van der Waals surface area contributed by atoms with E-state index in [2.05, 4.69) is 5.32 Å². The topological polar surface area (TPSA) is 114 Å². The Balaban J connectivity index is 1.38. The van der Waals surface area contributed by atoms with E-state index < -0.39 is 27.6 Å². The molecule has 3 N–H and O–H groups in total. The predicted octanol–water partition coefficient (Wildman–Crippen LogP) is 4.79. The molecule has 5 rings (SSSR count). The Bertz CT molecular complexity index is 1650. The van der Waals surface area contributed by atoms with Crippen molar-refractivity contribution in [3.05, 3.63) is 107 Å². The summed E-state index contributed by atoms with van der Waals surface area (Å²) >= 11 is 6.50. The fraction of sp³-hybridized carbons (Fsp3) is 0.111. The van der Waals surface area contributed by atoms with Crippen molar-refractivity contribution in [2.75, 3.05) is 11.9 Å². The van der Waals surface area contributed by atoms with E-state index in [1.807, 2.05) is 0 Å². The minimum Gasteiger partial charge on any atom is -0.365 e. The highest BCUT2D eigenvalue weighted by molar-refractivity contribution is 7.91. The first-order valence-electron chi connectivity index (χ1n) is 11.6. The Labute approximate surface area is 223 Å². The molecule has 1 aliphatic rings. The number of nitrogens with one attached hydrogen (secondary N) is 1. The van der Waals surface area contributed by atoms with E-state index in [0.717, 1.165) is 0 Å². The number of primary amides is 1. The van der Waals surface area contributed by atoms with E-state index in [1.165, 1.54) is 51.9 Å². The number of sulfone groups is 1. The molecule has 8 nitrogen and oxygen atoms in total. The van der Waals surface area contributed by atoms with Gasteiger partial charge in [0.2, 0.25) is 9.84 Å². The molecule has 1 aromatic heterocycles. The normalized spacial score (nSPS) is 13.2. The zero-order valence-corrected chi connectivity index (χ0v) is 21.5. The molecule has 1 aliphatic heterocycles. The molecule has 0 fully saturated rings. The first kappa shape index (κ1) is 25.5. The lowest BCUT2D eigenvalue weighted by atomic mass is 10.0. The van der Waals surface area contributed by atoms with Gasteiger partial charge in [-0.15, -0.1) is 0 Å². The maximum Gasteiger partial charge on any atom is 0.322 e. The third kappa shape index (κ3) is 4.52. The number of rotatable bonds is 5. The SMILES string of the molecule is NC(=O)c1c2c(n(-c3ccccc3F)c1Cl)CCN(C(=O)Nc1ccc(S(=O)(=O)c3ccccc3)cc1)C2. The number of hydrogen-bond acceptors (Lipinski definition) is 4. The first-order valence-corrected chi connectivity index (χ1v) is 13.5.